The van der Waals surface area contributed by atoms with Crippen LogP contribution in [0.3, 0.4) is 0 Å². The Morgan fingerprint density at radius 1 is 1.17 bits per heavy atom. The van der Waals surface area contributed by atoms with Crippen molar-refractivity contribution in [3.63, 3.8) is 0 Å². The molecule has 3 aromatic rings. The maximum absolute atomic E-state index is 11.8. The highest BCUT2D eigenvalue weighted by atomic mass is 35.5. The zero-order valence-electron chi connectivity index (χ0n) is 13.0. The second-order valence-corrected chi connectivity index (χ2v) is 5.61. The van der Waals surface area contributed by atoms with Crippen molar-refractivity contribution in [2.75, 3.05) is 13.2 Å². The number of hydrogen-bond acceptors (Lipinski definition) is 4. The molecule has 0 radical (unpaired) electrons. The first-order valence-corrected chi connectivity index (χ1v) is 8.08. The van der Waals surface area contributed by atoms with Crippen LogP contribution in [0.15, 0.2) is 52.9 Å². The van der Waals surface area contributed by atoms with Gasteiger partial charge in [-0.3, -0.25) is 4.79 Å². The standard InChI is InChI=1S/C18H17ClN2O3/c19-13-5-1-3-7-15(13)23-12-11-20-17(22)9-10-18-21-14-6-2-4-8-16(14)24-18/h1-8H,9-12H2,(H,20,22). The molecule has 1 amide bonds. The molecule has 2 aromatic carbocycles. The third-order valence-electron chi connectivity index (χ3n) is 3.42. The summed E-state index contributed by atoms with van der Waals surface area (Å²) in [5.41, 5.74) is 1.54. The van der Waals surface area contributed by atoms with Crippen molar-refractivity contribution in [1.29, 1.82) is 0 Å². The number of nitrogens with one attached hydrogen (secondary N) is 1. The Hall–Kier alpha value is -2.53. The molecule has 124 valence electrons. The Bertz CT molecular complexity index is 799. The van der Waals surface area contributed by atoms with Crippen molar-refractivity contribution in [1.82, 2.24) is 10.3 Å². The van der Waals surface area contributed by atoms with Gasteiger partial charge in [0.1, 0.15) is 17.9 Å². The highest BCUT2D eigenvalue weighted by Crippen LogP contribution is 2.22. The first-order valence-electron chi connectivity index (χ1n) is 7.71. The van der Waals surface area contributed by atoms with Crippen LogP contribution in [-0.2, 0) is 11.2 Å². The largest absolute Gasteiger partial charge is 0.490 e. The minimum Gasteiger partial charge on any atom is -0.490 e. The van der Waals surface area contributed by atoms with Crippen LogP contribution in [-0.4, -0.2) is 24.0 Å². The average Bonchev–Trinajstić information content (AvgIpc) is 3.01. The van der Waals surface area contributed by atoms with E-state index < -0.39 is 0 Å². The van der Waals surface area contributed by atoms with E-state index in [-0.39, 0.29) is 5.91 Å². The van der Waals surface area contributed by atoms with Crippen LogP contribution in [0.1, 0.15) is 12.3 Å². The molecule has 1 aromatic heterocycles. The lowest BCUT2D eigenvalue weighted by Crippen LogP contribution is -2.28. The number of hydrogen-bond donors (Lipinski definition) is 1. The summed E-state index contributed by atoms with van der Waals surface area (Å²) < 4.78 is 11.1. The molecule has 0 aliphatic carbocycles. The van der Waals surface area contributed by atoms with Gasteiger partial charge < -0.3 is 14.5 Å². The summed E-state index contributed by atoms with van der Waals surface area (Å²) in [7, 11) is 0. The van der Waals surface area contributed by atoms with Crippen molar-refractivity contribution < 1.29 is 13.9 Å². The number of fused-ring (bicyclic) bond motifs is 1. The summed E-state index contributed by atoms with van der Waals surface area (Å²) in [6, 6.07) is 14.8. The fourth-order valence-electron chi connectivity index (χ4n) is 2.25. The van der Waals surface area contributed by atoms with Gasteiger partial charge in [-0.25, -0.2) is 4.98 Å². The second kappa shape index (κ2) is 7.84. The SMILES string of the molecule is O=C(CCc1nc2ccccc2o1)NCCOc1ccccc1Cl. The van der Waals surface area contributed by atoms with E-state index in [1.807, 2.05) is 36.4 Å². The predicted molar refractivity (Wildman–Crippen MR) is 92.3 cm³/mol. The van der Waals surface area contributed by atoms with Gasteiger partial charge in [-0.15, -0.1) is 0 Å². The van der Waals surface area contributed by atoms with Crippen molar-refractivity contribution >= 4 is 28.6 Å². The summed E-state index contributed by atoms with van der Waals surface area (Å²) in [5.74, 6) is 1.11. The molecule has 0 atom stereocenters. The lowest BCUT2D eigenvalue weighted by molar-refractivity contribution is -0.121. The fourth-order valence-corrected chi connectivity index (χ4v) is 2.44. The first-order chi connectivity index (χ1) is 11.7. The maximum atomic E-state index is 11.8. The number of ether oxygens (including phenoxy) is 1. The molecule has 0 saturated carbocycles. The molecule has 0 aliphatic rings. The lowest BCUT2D eigenvalue weighted by atomic mass is 10.3. The van der Waals surface area contributed by atoms with E-state index in [0.29, 0.717) is 42.7 Å². The van der Waals surface area contributed by atoms with E-state index in [1.54, 1.807) is 12.1 Å². The molecule has 0 saturated heterocycles. The zero-order valence-corrected chi connectivity index (χ0v) is 13.8. The molecule has 6 heteroatoms. The van der Waals surface area contributed by atoms with Gasteiger partial charge in [0, 0.05) is 12.8 Å². The van der Waals surface area contributed by atoms with E-state index in [4.69, 9.17) is 20.8 Å². The summed E-state index contributed by atoms with van der Waals surface area (Å²) in [4.78, 5) is 16.2. The van der Waals surface area contributed by atoms with Crippen molar-refractivity contribution in [3.05, 3.63) is 59.4 Å². The van der Waals surface area contributed by atoms with E-state index in [2.05, 4.69) is 10.3 Å². The van der Waals surface area contributed by atoms with Crippen molar-refractivity contribution in [2.45, 2.75) is 12.8 Å². The molecule has 0 bridgehead atoms. The van der Waals surface area contributed by atoms with Crippen LogP contribution < -0.4 is 10.1 Å². The molecule has 0 spiro atoms. The number of halogens is 1. The number of aromatic nitrogens is 1. The van der Waals surface area contributed by atoms with Crippen molar-refractivity contribution in [2.24, 2.45) is 0 Å². The first kappa shape index (κ1) is 16.3. The van der Waals surface area contributed by atoms with Crippen molar-refractivity contribution in [3.8, 4) is 5.75 Å². The average molecular weight is 345 g/mol. The monoisotopic (exact) mass is 344 g/mol. The Balaban J connectivity index is 1.39. The minimum atomic E-state index is -0.0694. The van der Waals surface area contributed by atoms with E-state index in [0.717, 1.165) is 11.1 Å². The topological polar surface area (TPSA) is 64.4 Å². The summed E-state index contributed by atoms with van der Waals surface area (Å²) in [5, 5.41) is 3.36. The molecule has 5 nitrogen and oxygen atoms in total. The third-order valence-corrected chi connectivity index (χ3v) is 3.73. The minimum absolute atomic E-state index is 0.0694. The fraction of sp³-hybridized carbons (Fsp3) is 0.222. The number of nitrogens with zero attached hydrogens (tertiary/aromatic N) is 1. The number of carbonyl (C=O) groups is 1. The maximum Gasteiger partial charge on any atom is 0.220 e. The van der Waals surface area contributed by atoms with Crippen LogP contribution in [0.2, 0.25) is 5.02 Å². The van der Waals surface area contributed by atoms with Gasteiger partial charge in [-0.05, 0) is 24.3 Å². The van der Waals surface area contributed by atoms with Gasteiger partial charge >= 0.3 is 0 Å². The predicted octanol–water partition coefficient (Wildman–Crippen LogP) is 3.61. The van der Waals surface area contributed by atoms with Gasteiger partial charge in [0.05, 0.1) is 11.6 Å². The van der Waals surface area contributed by atoms with Gasteiger partial charge in [-0.1, -0.05) is 35.9 Å². The number of oxazole rings is 1. The summed E-state index contributed by atoms with van der Waals surface area (Å²) >= 11 is 5.99. The highest BCUT2D eigenvalue weighted by molar-refractivity contribution is 6.32. The number of aryl methyl sites for hydroxylation is 1. The van der Waals surface area contributed by atoms with Gasteiger partial charge in [0.2, 0.25) is 5.91 Å². The van der Waals surface area contributed by atoms with E-state index in [1.165, 1.54) is 0 Å². The molecule has 0 fully saturated rings. The Labute approximate surface area is 144 Å². The molecule has 1 heterocycles. The number of para-hydroxylation sites is 3. The highest BCUT2D eigenvalue weighted by Gasteiger charge is 2.08. The second-order valence-electron chi connectivity index (χ2n) is 5.20. The molecule has 0 aliphatic heterocycles. The van der Waals surface area contributed by atoms with Gasteiger partial charge in [0.15, 0.2) is 11.5 Å². The van der Waals surface area contributed by atoms with Gasteiger partial charge in [0.25, 0.3) is 0 Å². The molecule has 0 unspecified atom stereocenters. The Morgan fingerprint density at radius 2 is 1.96 bits per heavy atom. The lowest BCUT2D eigenvalue weighted by Gasteiger charge is -2.08. The van der Waals surface area contributed by atoms with E-state index in [9.17, 15) is 4.79 Å². The molecule has 24 heavy (non-hydrogen) atoms. The zero-order chi connectivity index (χ0) is 16.8. The summed E-state index contributed by atoms with van der Waals surface area (Å²) in [6.45, 7) is 0.774. The quantitative estimate of drug-likeness (QED) is 0.665. The number of rotatable bonds is 7. The summed E-state index contributed by atoms with van der Waals surface area (Å²) in [6.07, 6.45) is 0.783. The van der Waals surface area contributed by atoms with Crippen LogP contribution in [0.25, 0.3) is 11.1 Å². The molecule has 3 rings (SSSR count). The van der Waals surface area contributed by atoms with Crippen LogP contribution in [0.4, 0.5) is 0 Å². The van der Waals surface area contributed by atoms with Crippen LogP contribution in [0.5, 0.6) is 5.75 Å². The number of carbonyl (C=O) groups excluding carboxylic acids is 1. The molecule has 1 N–H and O–H groups in total. The normalized spacial score (nSPS) is 10.7. The van der Waals surface area contributed by atoms with E-state index >= 15 is 0 Å². The third kappa shape index (κ3) is 4.26. The molecular formula is C18H17ClN2O3. The smallest absolute Gasteiger partial charge is 0.220 e. The Kier molecular flexibility index (Phi) is 5.33. The molecular weight excluding hydrogens is 328 g/mol. The number of benzene rings is 2. The number of amides is 1. The van der Waals surface area contributed by atoms with Crippen LogP contribution >= 0.6 is 11.6 Å². The Morgan fingerprint density at radius 3 is 2.79 bits per heavy atom. The van der Waals surface area contributed by atoms with Gasteiger partial charge in [-0.2, -0.15) is 0 Å². The van der Waals surface area contributed by atoms with Crippen LogP contribution in [0, 0.1) is 0 Å².